The van der Waals surface area contributed by atoms with Crippen LogP contribution in [0.15, 0.2) is 41.5 Å². The van der Waals surface area contributed by atoms with Crippen LogP contribution in [0.4, 0.5) is 14.6 Å². The van der Waals surface area contributed by atoms with E-state index in [1.165, 1.54) is 12.4 Å². The average Bonchev–Trinajstić information content (AvgIpc) is 3.01. The predicted molar refractivity (Wildman–Crippen MR) is 170 cm³/mol. The van der Waals surface area contributed by atoms with Gasteiger partial charge in [0.05, 0.1) is 16.9 Å². The van der Waals surface area contributed by atoms with Gasteiger partial charge in [-0.3, -0.25) is 9.36 Å². The highest BCUT2D eigenvalue weighted by atomic mass is 32.2. The number of anilines is 1. The van der Waals surface area contributed by atoms with Crippen LogP contribution in [0.2, 0.25) is 0 Å². The molecule has 2 N–H and O–H groups in total. The number of nitriles is 1. The summed E-state index contributed by atoms with van der Waals surface area (Å²) < 4.78 is 32.0. The molecule has 2 aliphatic rings. The fourth-order valence-electron chi connectivity index (χ4n) is 6.09. The summed E-state index contributed by atoms with van der Waals surface area (Å²) in [5, 5.41) is 17.5. The number of benzene rings is 1. The van der Waals surface area contributed by atoms with Crippen molar-refractivity contribution in [2.24, 2.45) is 5.92 Å². The Kier molecular flexibility index (Phi) is 10.3. The van der Waals surface area contributed by atoms with E-state index in [4.69, 9.17) is 0 Å². The van der Waals surface area contributed by atoms with Gasteiger partial charge in [-0.15, -0.1) is 0 Å². The van der Waals surface area contributed by atoms with Crippen molar-refractivity contribution in [3.05, 3.63) is 63.7 Å². The first-order chi connectivity index (χ1) is 21.3. The molecule has 5 rings (SSSR count). The molecule has 234 valence electrons. The number of aldehydes is 1. The lowest BCUT2D eigenvalue weighted by molar-refractivity contribution is -0.107. The van der Waals surface area contributed by atoms with Crippen LogP contribution >= 0.6 is 11.8 Å². The highest BCUT2D eigenvalue weighted by molar-refractivity contribution is 7.99. The van der Waals surface area contributed by atoms with Crippen molar-refractivity contribution in [3.63, 3.8) is 0 Å². The highest BCUT2D eigenvalue weighted by Crippen LogP contribution is 2.39. The number of nitrogens with one attached hydrogen (secondary N) is 2. The van der Waals surface area contributed by atoms with Crippen LogP contribution in [-0.2, 0) is 22.7 Å². The van der Waals surface area contributed by atoms with Crippen molar-refractivity contribution in [1.82, 2.24) is 19.9 Å². The highest BCUT2D eigenvalue weighted by Gasteiger charge is 2.38. The number of carbonyl (C=O) groups is 1. The fourth-order valence-corrected chi connectivity index (χ4v) is 7.28. The number of fused-ring (bicyclic) bond motifs is 1. The SMILES string of the molecule is C[C@@H](Nc1ncnc2c1cc(C1(C#N)CCSCC1)c(=O)n2CCCCCC=O)c1cccc(C(F)(F)CCC2CNC2)c1. The molecule has 1 atom stereocenters. The summed E-state index contributed by atoms with van der Waals surface area (Å²) in [5.41, 5.74) is 0.495. The van der Waals surface area contributed by atoms with Crippen molar-refractivity contribution in [3.8, 4) is 6.07 Å². The molecule has 2 aromatic heterocycles. The Morgan fingerprint density at radius 2 is 2.02 bits per heavy atom. The van der Waals surface area contributed by atoms with Gasteiger partial charge in [0.25, 0.3) is 11.5 Å². The Morgan fingerprint density at radius 3 is 2.73 bits per heavy atom. The normalized spacial score (nSPS) is 17.5. The zero-order valence-electron chi connectivity index (χ0n) is 25.2. The fraction of sp³-hybridized carbons (Fsp3) is 0.545. The molecular formula is C33H40F2N6O2S. The number of halogens is 2. The van der Waals surface area contributed by atoms with Crippen molar-refractivity contribution < 1.29 is 13.6 Å². The molecule has 0 bridgehead atoms. The number of aromatic nitrogens is 3. The molecule has 11 heteroatoms. The molecule has 4 heterocycles. The molecule has 1 aromatic carbocycles. The third-order valence-electron chi connectivity index (χ3n) is 9.06. The third kappa shape index (κ3) is 6.97. The van der Waals surface area contributed by atoms with E-state index in [0.717, 1.165) is 43.7 Å². The van der Waals surface area contributed by atoms with E-state index in [-0.39, 0.29) is 23.6 Å². The monoisotopic (exact) mass is 622 g/mol. The quantitative estimate of drug-likeness (QED) is 0.164. The van der Waals surface area contributed by atoms with E-state index in [1.54, 1.807) is 34.5 Å². The van der Waals surface area contributed by atoms with E-state index < -0.39 is 11.3 Å². The molecule has 0 unspecified atom stereocenters. The second-order valence-corrected chi connectivity index (χ2v) is 13.3. The smallest absolute Gasteiger partial charge is 0.273 e. The maximum Gasteiger partial charge on any atom is 0.273 e. The maximum atomic E-state index is 15.2. The standard InChI is InChI=1S/C33H40F2N6O2S/c1-23(25-7-6-8-26(17-25)33(34,35)10-9-24-19-37-20-24)40-29-27-18-28(32(21-36)11-15-44-16-12-32)31(43)41(30(27)39-22-38-29)13-4-2-3-5-14-42/h6-8,14,17-18,22-24,37H,2-5,9-13,15-16,19-20H2,1H3,(H,38,39,40)/t23-/m1/s1. The van der Waals surface area contributed by atoms with Gasteiger partial charge in [-0.2, -0.15) is 17.0 Å². The number of thioether (sulfide) groups is 1. The topological polar surface area (TPSA) is 113 Å². The number of nitrogens with zero attached hydrogens (tertiary/aromatic N) is 4. The molecule has 0 amide bonds. The van der Waals surface area contributed by atoms with E-state index in [9.17, 15) is 14.9 Å². The first-order valence-corrected chi connectivity index (χ1v) is 16.7. The Labute approximate surface area is 261 Å². The number of carbonyl (C=O) groups excluding carboxylic acids is 1. The summed E-state index contributed by atoms with van der Waals surface area (Å²) in [4.78, 5) is 33.7. The van der Waals surface area contributed by atoms with Gasteiger partial charge < -0.3 is 15.4 Å². The number of pyridine rings is 1. The molecular weight excluding hydrogens is 582 g/mol. The lowest BCUT2D eigenvalue weighted by Gasteiger charge is -2.31. The summed E-state index contributed by atoms with van der Waals surface area (Å²) in [5.74, 6) is -0.549. The van der Waals surface area contributed by atoms with E-state index in [0.29, 0.717) is 72.5 Å². The average molecular weight is 623 g/mol. The van der Waals surface area contributed by atoms with E-state index in [2.05, 4.69) is 26.7 Å². The van der Waals surface area contributed by atoms with Gasteiger partial charge in [-0.1, -0.05) is 24.6 Å². The minimum absolute atomic E-state index is 0.000289. The number of unbranched alkanes of at least 4 members (excludes halogenated alkanes) is 3. The Balaban J connectivity index is 1.48. The molecule has 2 saturated heterocycles. The van der Waals surface area contributed by atoms with Gasteiger partial charge in [-0.25, -0.2) is 18.7 Å². The Morgan fingerprint density at radius 1 is 1.23 bits per heavy atom. The van der Waals surface area contributed by atoms with Crippen molar-refractivity contribution in [2.45, 2.75) is 82.2 Å². The van der Waals surface area contributed by atoms with Crippen LogP contribution in [0.1, 0.15) is 81.0 Å². The molecule has 8 nitrogen and oxygen atoms in total. The van der Waals surface area contributed by atoms with Crippen molar-refractivity contribution >= 4 is 34.9 Å². The summed E-state index contributed by atoms with van der Waals surface area (Å²) in [6.45, 7) is 3.89. The van der Waals surface area contributed by atoms with Crippen molar-refractivity contribution in [2.75, 3.05) is 29.9 Å². The Hall–Kier alpha value is -3.36. The van der Waals surface area contributed by atoms with Crippen LogP contribution in [0, 0.1) is 17.2 Å². The minimum Gasteiger partial charge on any atom is -0.363 e. The van der Waals surface area contributed by atoms with Gasteiger partial charge in [-0.05, 0) is 87.2 Å². The molecule has 2 aliphatic heterocycles. The van der Waals surface area contributed by atoms with Crippen LogP contribution < -0.4 is 16.2 Å². The number of rotatable bonds is 14. The maximum absolute atomic E-state index is 15.2. The number of aryl methyl sites for hydroxylation is 1. The molecule has 2 fully saturated rings. The van der Waals surface area contributed by atoms with Crippen LogP contribution in [-0.4, -0.2) is 45.4 Å². The van der Waals surface area contributed by atoms with Crippen LogP contribution in [0.25, 0.3) is 11.0 Å². The zero-order valence-corrected chi connectivity index (χ0v) is 26.0. The second-order valence-electron chi connectivity index (χ2n) is 12.1. The summed E-state index contributed by atoms with van der Waals surface area (Å²) in [7, 11) is 0. The number of hydrogen-bond donors (Lipinski definition) is 2. The van der Waals surface area contributed by atoms with Crippen LogP contribution in [0.5, 0.6) is 0 Å². The zero-order chi connectivity index (χ0) is 31.2. The first-order valence-electron chi connectivity index (χ1n) is 15.5. The summed E-state index contributed by atoms with van der Waals surface area (Å²) in [6, 6.07) is 10.4. The van der Waals surface area contributed by atoms with Crippen LogP contribution in [0.3, 0.4) is 0 Å². The minimum atomic E-state index is -2.92. The molecule has 0 radical (unpaired) electrons. The van der Waals surface area contributed by atoms with Gasteiger partial charge in [0.2, 0.25) is 0 Å². The van der Waals surface area contributed by atoms with Gasteiger partial charge in [0, 0.05) is 36.6 Å². The van der Waals surface area contributed by atoms with E-state index >= 15 is 8.78 Å². The second kappa shape index (κ2) is 14.2. The molecule has 0 spiro atoms. The first kappa shape index (κ1) is 32.0. The van der Waals surface area contributed by atoms with Gasteiger partial charge in [0.1, 0.15) is 24.1 Å². The molecule has 0 aliphatic carbocycles. The molecule has 44 heavy (non-hydrogen) atoms. The lowest BCUT2D eigenvalue weighted by Crippen LogP contribution is -2.42. The van der Waals surface area contributed by atoms with Gasteiger partial charge >= 0.3 is 0 Å². The Bertz CT molecular complexity index is 1560. The number of hydrogen-bond acceptors (Lipinski definition) is 8. The summed E-state index contributed by atoms with van der Waals surface area (Å²) >= 11 is 1.78. The molecule has 3 aromatic rings. The largest absolute Gasteiger partial charge is 0.363 e. The molecule has 0 saturated carbocycles. The summed E-state index contributed by atoms with van der Waals surface area (Å²) in [6.07, 6.45) is 6.44. The van der Waals surface area contributed by atoms with E-state index in [1.807, 2.05) is 13.0 Å². The predicted octanol–water partition coefficient (Wildman–Crippen LogP) is 6.10. The third-order valence-corrected chi connectivity index (χ3v) is 10.0. The van der Waals surface area contributed by atoms with Crippen molar-refractivity contribution in [1.29, 1.82) is 5.26 Å². The number of alkyl halides is 2. The lowest BCUT2D eigenvalue weighted by atomic mass is 9.77. The van der Waals surface area contributed by atoms with Gasteiger partial charge in [0.15, 0.2) is 0 Å².